The van der Waals surface area contributed by atoms with Crippen LogP contribution in [0.2, 0.25) is 5.02 Å². The van der Waals surface area contributed by atoms with Crippen molar-refractivity contribution in [2.75, 3.05) is 5.75 Å². The number of ketones is 1. The van der Waals surface area contributed by atoms with Gasteiger partial charge in [0, 0.05) is 17.1 Å². The highest BCUT2D eigenvalue weighted by atomic mass is 35.5. The number of hydrogen-bond acceptors (Lipinski definition) is 5. The number of Topliss-reactive ketones (excluding diaryl/α,β-unsaturated/α-hetero) is 1. The maximum Gasteiger partial charge on any atom is 0.272 e. The second-order valence-electron chi connectivity index (χ2n) is 6.39. The van der Waals surface area contributed by atoms with Gasteiger partial charge < -0.3 is 0 Å². The zero-order valence-corrected chi connectivity index (χ0v) is 17.0. The molecule has 3 aromatic rings. The summed E-state index contributed by atoms with van der Waals surface area (Å²) in [4.78, 5) is 29.8. The van der Waals surface area contributed by atoms with E-state index in [1.165, 1.54) is 23.1 Å². The molecule has 2 heterocycles. The predicted molar refractivity (Wildman–Crippen MR) is 110 cm³/mol. The summed E-state index contributed by atoms with van der Waals surface area (Å²) >= 11 is 8.59. The third-order valence-corrected chi connectivity index (χ3v) is 6.08. The topological polar surface area (TPSA) is 52.0 Å². The van der Waals surface area contributed by atoms with E-state index < -0.39 is 0 Å². The molecule has 4 nitrogen and oxygen atoms in total. The molecule has 0 atom stereocenters. The molecule has 0 N–H and O–H groups in total. The molecular weight excluding hydrogens is 388 g/mol. The van der Waals surface area contributed by atoms with Gasteiger partial charge in [0.05, 0.1) is 11.3 Å². The summed E-state index contributed by atoms with van der Waals surface area (Å²) in [5.41, 5.74) is 1.28. The van der Waals surface area contributed by atoms with Crippen LogP contribution in [0.5, 0.6) is 0 Å². The summed E-state index contributed by atoms with van der Waals surface area (Å²) in [6.45, 7) is 4.85. The van der Waals surface area contributed by atoms with Crippen molar-refractivity contribution in [2.45, 2.75) is 32.0 Å². The van der Waals surface area contributed by atoms with Crippen LogP contribution >= 0.6 is 34.7 Å². The molecule has 0 aliphatic heterocycles. The van der Waals surface area contributed by atoms with Gasteiger partial charge in [0.1, 0.15) is 4.70 Å². The number of carbonyl (C=O) groups excluding carboxylic acids is 1. The van der Waals surface area contributed by atoms with Crippen LogP contribution in [0.25, 0.3) is 10.2 Å². The summed E-state index contributed by atoms with van der Waals surface area (Å²) in [7, 11) is 0. The molecule has 26 heavy (non-hydrogen) atoms. The SMILES string of the molecule is CC(C)CCn1c(SCC(=O)c2ccc(Cl)cc2)nc2ccsc2c1=O. The number of benzene rings is 1. The molecule has 0 fully saturated rings. The van der Waals surface area contributed by atoms with Gasteiger partial charge in [0.15, 0.2) is 10.9 Å². The fourth-order valence-corrected chi connectivity index (χ4v) is 4.29. The zero-order chi connectivity index (χ0) is 18.7. The van der Waals surface area contributed by atoms with E-state index in [1.54, 1.807) is 28.8 Å². The van der Waals surface area contributed by atoms with Crippen molar-refractivity contribution in [1.29, 1.82) is 0 Å². The third-order valence-electron chi connectivity index (χ3n) is 3.96. The first-order valence-corrected chi connectivity index (χ1v) is 10.6. The lowest BCUT2D eigenvalue weighted by molar-refractivity contribution is 0.102. The smallest absolute Gasteiger partial charge is 0.272 e. The number of carbonyl (C=O) groups is 1. The van der Waals surface area contributed by atoms with E-state index in [4.69, 9.17) is 11.6 Å². The van der Waals surface area contributed by atoms with Gasteiger partial charge in [-0.15, -0.1) is 11.3 Å². The lowest BCUT2D eigenvalue weighted by atomic mass is 10.1. The molecule has 0 aliphatic carbocycles. The van der Waals surface area contributed by atoms with E-state index in [0.717, 1.165) is 6.42 Å². The van der Waals surface area contributed by atoms with Gasteiger partial charge in [-0.25, -0.2) is 4.98 Å². The number of thiophene rings is 1. The Kier molecular flexibility index (Phi) is 6.16. The average molecular weight is 407 g/mol. The summed E-state index contributed by atoms with van der Waals surface area (Å²) in [6.07, 6.45) is 0.886. The van der Waals surface area contributed by atoms with Crippen LogP contribution in [-0.2, 0) is 6.54 Å². The Balaban J connectivity index is 1.85. The first-order valence-electron chi connectivity index (χ1n) is 8.35. The second kappa shape index (κ2) is 8.37. The Hall–Kier alpha value is -1.63. The molecule has 3 rings (SSSR count). The molecule has 0 amide bonds. The Bertz CT molecular complexity index is 977. The molecule has 1 aromatic carbocycles. The Morgan fingerprint density at radius 1 is 1.27 bits per heavy atom. The van der Waals surface area contributed by atoms with Crippen LogP contribution in [-0.4, -0.2) is 21.1 Å². The van der Waals surface area contributed by atoms with Crippen molar-refractivity contribution in [1.82, 2.24) is 9.55 Å². The van der Waals surface area contributed by atoms with Crippen molar-refractivity contribution in [3.63, 3.8) is 0 Å². The standard InChI is InChI=1S/C19H19ClN2O2S2/c1-12(2)7-9-22-18(24)17-15(8-10-25-17)21-19(22)26-11-16(23)13-3-5-14(20)6-4-13/h3-6,8,10,12H,7,9,11H2,1-2H3. The van der Waals surface area contributed by atoms with Gasteiger partial charge in [-0.3, -0.25) is 14.2 Å². The van der Waals surface area contributed by atoms with Crippen molar-refractivity contribution in [3.8, 4) is 0 Å². The Morgan fingerprint density at radius 3 is 2.69 bits per heavy atom. The summed E-state index contributed by atoms with van der Waals surface area (Å²) in [5.74, 6) is 0.696. The highest BCUT2D eigenvalue weighted by Crippen LogP contribution is 2.23. The maximum absolute atomic E-state index is 12.8. The van der Waals surface area contributed by atoms with E-state index >= 15 is 0 Å². The lowest BCUT2D eigenvalue weighted by Crippen LogP contribution is -2.23. The number of halogens is 1. The third kappa shape index (κ3) is 4.37. The molecule has 0 bridgehead atoms. The molecule has 0 spiro atoms. The van der Waals surface area contributed by atoms with Gasteiger partial charge in [0.2, 0.25) is 0 Å². The number of thioether (sulfide) groups is 1. The maximum atomic E-state index is 12.8. The van der Waals surface area contributed by atoms with Crippen molar-refractivity contribution < 1.29 is 4.79 Å². The van der Waals surface area contributed by atoms with Crippen molar-refractivity contribution in [3.05, 3.63) is 56.7 Å². The Morgan fingerprint density at radius 2 is 2.00 bits per heavy atom. The Labute approximate surface area is 165 Å². The van der Waals surface area contributed by atoms with E-state index in [2.05, 4.69) is 18.8 Å². The molecular formula is C19H19ClN2O2S2. The van der Waals surface area contributed by atoms with Gasteiger partial charge in [-0.1, -0.05) is 37.2 Å². The lowest BCUT2D eigenvalue weighted by Gasteiger charge is -2.13. The molecule has 136 valence electrons. The second-order valence-corrected chi connectivity index (χ2v) is 8.68. The first-order chi connectivity index (χ1) is 12.5. The monoisotopic (exact) mass is 406 g/mol. The van der Waals surface area contributed by atoms with Crippen LogP contribution in [0.4, 0.5) is 0 Å². The molecule has 0 aliphatic rings. The summed E-state index contributed by atoms with van der Waals surface area (Å²) in [5, 5.41) is 3.07. The minimum Gasteiger partial charge on any atom is -0.293 e. The molecule has 0 radical (unpaired) electrons. The van der Waals surface area contributed by atoms with Crippen LogP contribution in [0.15, 0.2) is 45.7 Å². The number of aromatic nitrogens is 2. The quantitative estimate of drug-likeness (QED) is 0.310. The first kappa shape index (κ1) is 19.1. The van der Waals surface area contributed by atoms with Gasteiger partial charge >= 0.3 is 0 Å². The van der Waals surface area contributed by atoms with E-state index in [1.807, 2.05) is 11.4 Å². The molecule has 0 saturated carbocycles. The van der Waals surface area contributed by atoms with E-state index in [9.17, 15) is 9.59 Å². The highest BCUT2D eigenvalue weighted by molar-refractivity contribution is 7.99. The van der Waals surface area contributed by atoms with Crippen molar-refractivity contribution >= 4 is 50.7 Å². The predicted octanol–water partition coefficient (Wildman–Crippen LogP) is 5.13. The molecule has 0 saturated heterocycles. The van der Waals surface area contributed by atoms with Gasteiger partial charge in [-0.2, -0.15) is 0 Å². The zero-order valence-electron chi connectivity index (χ0n) is 14.6. The number of nitrogens with zero attached hydrogens (tertiary/aromatic N) is 2. The van der Waals surface area contributed by atoms with Gasteiger partial charge in [0.25, 0.3) is 5.56 Å². The molecule has 2 aromatic heterocycles. The summed E-state index contributed by atoms with van der Waals surface area (Å²) in [6, 6.07) is 8.68. The van der Waals surface area contributed by atoms with Crippen LogP contribution in [0.1, 0.15) is 30.6 Å². The number of rotatable bonds is 7. The van der Waals surface area contributed by atoms with Crippen LogP contribution < -0.4 is 5.56 Å². The fraction of sp³-hybridized carbons (Fsp3) is 0.316. The number of hydrogen-bond donors (Lipinski definition) is 0. The minimum absolute atomic E-state index is 0.0123. The molecule has 0 unspecified atom stereocenters. The van der Waals surface area contributed by atoms with E-state index in [-0.39, 0.29) is 17.1 Å². The van der Waals surface area contributed by atoms with Crippen LogP contribution in [0.3, 0.4) is 0 Å². The average Bonchev–Trinajstić information content (AvgIpc) is 3.08. The van der Waals surface area contributed by atoms with Crippen molar-refractivity contribution in [2.24, 2.45) is 5.92 Å². The van der Waals surface area contributed by atoms with E-state index in [0.29, 0.717) is 38.4 Å². The molecule has 7 heteroatoms. The normalized spacial score (nSPS) is 11.4. The fourth-order valence-electron chi connectivity index (χ4n) is 2.47. The largest absolute Gasteiger partial charge is 0.293 e. The van der Waals surface area contributed by atoms with Crippen LogP contribution in [0, 0.1) is 5.92 Å². The number of fused-ring (bicyclic) bond motifs is 1. The highest BCUT2D eigenvalue weighted by Gasteiger charge is 2.15. The van der Waals surface area contributed by atoms with Gasteiger partial charge in [-0.05, 0) is 48.1 Å². The summed E-state index contributed by atoms with van der Waals surface area (Å²) < 4.78 is 2.38. The minimum atomic E-state index is -0.0212.